The van der Waals surface area contributed by atoms with Gasteiger partial charge in [0.15, 0.2) is 0 Å². The highest BCUT2D eigenvalue weighted by atomic mass is 32.2. The Bertz CT molecular complexity index is 782. The summed E-state index contributed by atoms with van der Waals surface area (Å²) in [6, 6.07) is 6.24. The molecule has 0 unspecified atom stereocenters. The zero-order valence-electron chi connectivity index (χ0n) is 11.4. The van der Waals surface area contributed by atoms with E-state index in [-0.39, 0.29) is 21.8 Å². The van der Waals surface area contributed by atoms with Gasteiger partial charge in [0.1, 0.15) is 11.6 Å². The SMILES string of the molecule is Cc1ccc(NS(=O)(=O)c2cc(C)c(F)c(N)c2)c(F)c1. The van der Waals surface area contributed by atoms with Gasteiger partial charge in [0.25, 0.3) is 10.0 Å². The first-order valence-electron chi connectivity index (χ1n) is 6.05. The normalized spacial score (nSPS) is 11.4. The molecule has 21 heavy (non-hydrogen) atoms. The molecular formula is C14H14F2N2O2S. The van der Waals surface area contributed by atoms with Crippen LogP contribution in [-0.4, -0.2) is 8.42 Å². The van der Waals surface area contributed by atoms with E-state index >= 15 is 0 Å². The molecule has 0 aliphatic heterocycles. The predicted molar refractivity (Wildman–Crippen MR) is 77.5 cm³/mol. The molecule has 0 aromatic heterocycles. The third-order valence-corrected chi connectivity index (χ3v) is 4.28. The third-order valence-electron chi connectivity index (χ3n) is 2.94. The van der Waals surface area contributed by atoms with Gasteiger partial charge in [-0.15, -0.1) is 0 Å². The number of nitrogens with two attached hydrogens (primary N) is 1. The molecule has 112 valence electrons. The van der Waals surface area contributed by atoms with Gasteiger partial charge in [-0.1, -0.05) is 6.07 Å². The second-order valence-electron chi connectivity index (χ2n) is 4.73. The summed E-state index contributed by atoms with van der Waals surface area (Å²) in [4.78, 5) is -0.223. The Labute approximate surface area is 121 Å². The second kappa shape index (κ2) is 5.33. The summed E-state index contributed by atoms with van der Waals surface area (Å²) in [6.07, 6.45) is 0. The number of aryl methyl sites for hydroxylation is 2. The van der Waals surface area contributed by atoms with Crippen molar-refractivity contribution in [1.82, 2.24) is 0 Å². The number of hydrogen-bond donors (Lipinski definition) is 2. The van der Waals surface area contributed by atoms with E-state index in [9.17, 15) is 17.2 Å². The van der Waals surface area contributed by atoms with Crippen molar-refractivity contribution in [3.05, 3.63) is 53.1 Å². The van der Waals surface area contributed by atoms with Gasteiger partial charge in [-0.3, -0.25) is 4.72 Å². The van der Waals surface area contributed by atoms with Crippen LogP contribution < -0.4 is 10.5 Å². The Morgan fingerprint density at radius 2 is 1.76 bits per heavy atom. The van der Waals surface area contributed by atoms with Crippen molar-refractivity contribution in [2.45, 2.75) is 18.7 Å². The number of benzene rings is 2. The molecule has 2 aromatic carbocycles. The molecule has 0 atom stereocenters. The molecule has 0 radical (unpaired) electrons. The van der Waals surface area contributed by atoms with Gasteiger partial charge in [0.2, 0.25) is 0 Å². The zero-order chi connectivity index (χ0) is 15.8. The van der Waals surface area contributed by atoms with Gasteiger partial charge < -0.3 is 5.73 Å². The molecule has 0 bridgehead atoms. The van der Waals surface area contributed by atoms with Crippen LogP contribution in [0.15, 0.2) is 35.2 Å². The largest absolute Gasteiger partial charge is 0.396 e. The van der Waals surface area contributed by atoms with Crippen LogP contribution in [0.1, 0.15) is 11.1 Å². The first-order chi connectivity index (χ1) is 9.70. The number of sulfonamides is 1. The Morgan fingerprint density at radius 3 is 2.33 bits per heavy atom. The molecular weight excluding hydrogens is 298 g/mol. The molecule has 0 aliphatic carbocycles. The van der Waals surface area contributed by atoms with E-state index in [1.165, 1.54) is 19.1 Å². The van der Waals surface area contributed by atoms with Gasteiger partial charge >= 0.3 is 0 Å². The fourth-order valence-electron chi connectivity index (χ4n) is 1.82. The zero-order valence-corrected chi connectivity index (χ0v) is 12.3. The summed E-state index contributed by atoms with van der Waals surface area (Å²) < 4.78 is 53.7. The van der Waals surface area contributed by atoms with Crippen LogP contribution in [0.2, 0.25) is 0 Å². The molecule has 0 saturated carbocycles. The van der Waals surface area contributed by atoms with E-state index in [4.69, 9.17) is 5.73 Å². The Balaban J connectivity index is 2.43. The maximum atomic E-state index is 13.7. The summed E-state index contributed by atoms with van der Waals surface area (Å²) in [5.74, 6) is -1.36. The van der Waals surface area contributed by atoms with E-state index in [1.807, 2.05) is 0 Å². The van der Waals surface area contributed by atoms with Gasteiger partial charge in [-0.25, -0.2) is 17.2 Å². The highest BCUT2D eigenvalue weighted by Crippen LogP contribution is 2.24. The average Bonchev–Trinajstić information content (AvgIpc) is 2.38. The van der Waals surface area contributed by atoms with Crippen molar-refractivity contribution < 1.29 is 17.2 Å². The topological polar surface area (TPSA) is 72.2 Å². The van der Waals surface area contributed by atoms with Crippen molar-refractivity contribution in [1.29, 1.82) is 0 Å². The minimum Gasteiger partial charge on any atom is -0.396 e. The van der Waals surface area contributed by atoms with Crippen LogP contribution in [-0.2, 0) is 10.0 Å². The standard InChI is InChI=1S/C14H14F2N2O2S/c1-8-3-4-13(11(15)5-8)18-21(19,20)10-6-9(2)14(16)12(17)7-10/h3-7,18H,17H2,1-2H3. The summed E-state index contributed by atoms with van der Waals surface area (Å²) in [5.41, 5.74) is 5.72. The highest BCUT2D eigenvalue weighted by molar-refractivity contribution is 7.92. The molecule has 3 N–H and O–H groups in total. The molecule has 0 fully saturated rings. The third kappa shape index (κ3) is 3.13. The van der Waals surface area contributed by atoms with E-state index in [0.29, 0.717) is 5.56 Å². The molecule has 0 amide bonds. The average molecular weight is 312 g/mol. The molecule has 7 heteroatoms. The molecule has 0 saturated heterocycles. The van der Waals surface area contributed by atoms with Crippen molar-refractivity contribution in [2.24, 2.45) is 0 Å². The molecule has 0 heterocycles. The van der Waals surface area contributed by atoms with Gasteiger partial charge in [-0.05, 0) is 49.2 Å². The van der Waals surface area contributed by atoms with E-state index < -0.39 is 21.7 Å². The number of nitrogen functional groups attached to an aromatic ring is 1. The monoisotopic (exact) mass is 312 g/mol. The van der Waals surface area contributed by atoms with Gasteiger partial charge in [0, 0.05) is 0 Å². The van der Waals surface area contributed by atoms with Crippen LogP contribution >= 0.6 is 0 Å². The van der Waals surface area contributed by atoms with Crippen molar-refractivity contribution in [3.8, 4) is 0 Å². The molecule has 2 rings (SSSR count). The highest BCUT2D eigenvalue weighted by Gasteiger charge is 2.19. The van der Waals surface area contributed by atoms with Crippen molar-refractivity contribution in [3.63, 3.8) is 0 Å². The smallest absolute Gasteiger partial charge is 0.262 e. The number of anilines is 2. The number of halogens is 2. The minimum absolute atomic E-state index is 0.0970. The van der Waals surface area contributed by atoms with Crippen LogP contribution in [0.4, 0.5) is 20.2 Å². The lowest BCUT2D eigenvalue weighted by Gasteiger charge is -2.11. The van der Waals surface area contributed by atoms with Gasteiger partial charge in [0.05, 0.1) is 16.3 Å². The number of nitrogens with one attached hydrogen (secondary N) is 1. The number of hydrogen-bond acceptors (Lipinski definition) is 3. The fraction of sp³-hybridized carbons (Fsp3) is 0.143. The first-order valence-corrected chi connectivity index (χ1v) is 7.53. The summed E-state index contributed by atoms with van der Waals surface area (Å²) in [7, 11) is -4.05. The Hall–Kier alpha value is -2.15. The number of rotatable bonds is 3. The quantitative estimate of drug-likeness (QED) is 0.856. The lowest BCUT2D eigenvalue weighted by atomic mass is 10.2. The fourth-order valence-corrected chi connectivity index (χ4v) is 3.01. The van der Waals surface area contributed by atoms with Crippen molar-refractivity contribution >= 4 is 21.4 Å². The Morgan fingerprint density at radius 1 is 1.10 bits per heavy atom. The van der Waals surface area contributed by atoms with Crippen LogP contribution in [0.25, 0.3) is 0 Å². The molecule has 0 aliphatic rings. The maximum absolute atomic E-state index is 13.7. The van der Waals surface area contributed by atoms with E-state index in [2.05, 4.69) is 4.72 Å². The van der Waals surface area contributed by atoms with Crippen LogP contribution in [0, 0.1) is 25.5 Å². The van der Waals surface area contributed by atoms with E-state index in [1.54, 1.807) is 13.0 Å². The summed E-state index contributed by atoms with van der Waals surface area (Å²) in [6.45, 7) is 3.09. The van der Waals surface area contributed by atoms with E-state index in [0.717, 1.165) is 12.1 Å². The summed E-state index contributed by atoms with van der Waals surface area (Å²) in [5, 5.41) is 0. The molecule has 4 nitrogen and oxygen atoms in total. The molecule has 2 aromatic rings. The maximum Gasteiger partial charge on any atom is 0.262 e. The predicted octanol–water partition coefficient (Wildman–Crippen LogP) is 2.96. The molecule has 0 spiro atoms. The lowest BCUT2D eigenvalue weighted by Crippen LogP contribution is -2.15. The van der Waals surface area contributed by atoms with Crippen LogP contribution in [0.3, 0.4) is 0 Å². The Kier molecular flexibility index (Phi) is 3.87. The minimum atomic E-state index is -4.05. The summed E-state index contributed by atoms with van der Waals surface area (Å²) >= 11 is 0. The first kappa shape index (κ1) is 15.2. The lowest BCUT2D eigenvalue weighted by molar-refractivity contribution is 0.596. The second-order valence-corrected chi connectivity index (χ2v) is 6.41. The van der Waals surface area contributed by atoms with Crippen molar-refractivity contribution in [2.75, 3.05) is 10.5 Å². The van der Waals surface area contributed by atoms with Crippen LogP contribution in [0.5, 0.6) is 0 Å². The van der Waals surface area contributed by atoms with Gasteiger partial charge in [-0.2, -0.15) is 0 Å².